The highest BCUT2D eigenvalue weighted by atomic mass is 35.5. The van der Waals surface area contributed by atoms with E-state index in [2.05, 4.69) is 27.8 Å². The van der Waals surface area contributed by atoms with Gasteiger partial charge in [0.05, 0.1) is 12.9 Å². The van der Waals surface area contributed by atoms with Crippen molar-refractivity contribution in [3.05, 3.63) is 95.5 Å². The van der Waals surface area contributed by atoms with Crippen molar-refractivity contribution >= 4 is 17.4 Å². The van der Waals surface area contributed by atoms with Crippen LogP contribution in [0.5, 0.6) is 0 Å². The maximum absolute atomic E-state index is 6.12. The highest BCUT2D eigenvalue weighted by Gasteiger charge is 2.42. The first-order valence-corrected chi connectivity index (χ1v) is 8.47. The van der Waals surface area contributed by atoms with Crippen LogP contribution in [0, 0.1) is 0 Å². The molecule has 0 N–H and O–H groups in total. The fraction of sp³-hybridized carbons (Fsp3) is 0.150. The van der Waals surface area contributed by atoms with Crippen LogP contribution in [0.25, 0.3) is 5.76 Å². The summed E-state index contributed by atoms with van der Waals surface area (Å²) in [6.45, 7) is 0.682. The minimum atomic E-state index is -0.448. The van der Waals surface area contributed by atoms with Crippen LogP contribution in [0.3, 0.4) is 0 Å². The van der Waals surface area contributed by atoms with Crippen LogP contribution in [0.15, 0.2) is 79.4 Å². The second-order valence-electron chi connectivity index (χ2n) is 6.13. The van der Waals surface area contributed by atoms with Gasteiger partial charge in [0.1, 0.15) is 5.54 Å². The van der Waals surface area contributed by atoms with Crippen LogP contribution in [0.1, 0.15) is 11.1 Å². The molecule has 0 bridgehead atoms. The van der Waals surface area contributed by atoms with Crippen molar-refractivity contribution in [1.82, 2.24) is 14.6 Å². The molecule has 2 heterocycles. The number of imidazole rings is 1. The van der Waals surface area contributed by atoms with Gasteiger partial charge in [-0.05, 0) is 23.8 Å². The smallest absolute Gasteiger partial charge is 0.153 e. The number of aromatic nitrogens is 2. The van der Waals surface area contributed by atoms with Crippen LogP contribution < -0.4 is 0 Å². The quantitative estimate of drug-likeness (QED) is 0.700. The third-order valence-electron chi connectivity index (χ3n) is 4.55. The van der Waals surface area contributed by atoms with Crippen molar-refractivity contribution in [2.24, 2.45) is 0 Å². The monoisotopic (exact) mass is 351 g/mol. The van der Waals surface area contributed by atoms with Crippen LogP contribution >= 0.6 is 11.6 Å². The van der Waals surface area contributed by atoms with Gasteiger partial charge < -0.3 is 9.40 Å². The van der Waals surface area contributed by atoms with Crippen molar-refractivity contribution in [3.8, 4) is 0 Å². The standard InChI is InChI=1S/C20H18ClN3O/c1-23-20(14-24-12-11-22-15-24,17-7-9-18(21)10-8-17)13-19(25-23)16-5-3-2-4-6-16/h2-13,15H,14H2,1H3. The first kappa shape index (κ1) is 15.9. The molecule has 0 saturated carbocycles. The third kappa shape index (κ3) is 2.95. The number of hydroxylamine groups is 2. The summed E-state index contributed by atoms with van der Waals surface area (Å²) < 4.78 is 2.05. The number of hydrogen-bond acceptors (Lipinski definition) is 3. The van der Waals surface area contributed by atoms with Gasteiger partial charge in [0, 0.05) is 30.0 Å². The Kier molecular flexibility index (Phi) is 4.07. The Morgan fingerprint density at radius 2 is 1.84 bits per heavy atom. The predicted octanol–water partition coefficient (Wildman–Crippen LogP) is 4.35. The van der Waals surface area contributed by atoms with E-state index in [1.165, 1.54) is 0 Å². The normalized spacial score (nSPS) is 20.3. The molecule has 1 unspecified atom stereocenters. The molecule has 4 nitrogen and oxygen atoms in total. The Bertz CT molecular complexity index is 875. The summed E-state index contributed by atoms with van der Waals surface area (Å²) in [5.74, 6) is 0.846. The van der Waals surface area contributed by atoms with Gasteiger partial charge in [-0.3, -0.25) is 0 Å². The van der Waals surface area contributed by atoms with Crippen molar-refractivity contribution in [3.63, 3.8) is 0 Å². The van der Waals surface area contributed by atoms with E-state index in [1.54, 1.807) is 6.20 Å². The van der Waals surface area contributed by atoms with Crippen molar-refractivity contribution in [2.75, 3.05) is 7.05 Å². The fourth-order valence-corrected chi connectivity index (χ4v) is 3.33. The summed E-state index contributed by atoms with van der Waals surface area (Å²) >= 11 is 6.09. The SMILES string of the molecule is CN1OC(c2ccccc2)=CC1(Cn1ccnc1)c1ccc(Cl)cc1. The molecular formula is C20H18ClN3O. The molecule has 5 heteroatoms. The average molecular weight is 352 g/mol. The Morgan fingerprint density at radius 1 is 1.08 bits per heavy atom. The van der Waals surface area contributed by atoms with Gasteiger partial charge in [-0.1, -0.05) is 54.1 Å². The number of rotatable bonds is 4. The first-order chi connectivity index (χ1) is 12.2. The lowest BCUT2D eigenvalue weighted by Gasteiger charge is -2.33. The number of nitrogens with zero attached hydrogens (tertiary/aromatic N) is 3. The lowest BCUT2D eigenvalue weighted by atomic mass is 9.88. The van der Waals surface area contributed by atoms with Crippen LogP contribution in [-0.2, 0) is 16.9 Å². The summed E-state index contributed by atoms with van der Waals surface area (Å²) in [7, 11) is 1.96. The molecule has 0 spiro atoms. The number of likely N-dealkylation sites (N-methyl/N-ethyl adjacent to an activating group) is 1. The molecule has 0 fully saturated rings. The van der Waals surface area contributed by atoms with Gasteiger partial charge in [-0.15, -0.1) is 5.06 Å². The van der Waals surface area contributed by atoms with E-state index in [0.29, 0.717) is 6.54 Å². The highest BCUT2D eigenvalue weighted by Crippen LogP contribution is 2.41. The van der Waals surface area contributed by atoms with E-state index in [-0.39, 0.29) is 0 Å². The molecule has 0 amide bonds. The summed E-state index contributed by atoms with van der Waals surface area (Å²) in [5, 5.41) is 2.62. The Labute approximate surface area is 151 Å². The largest absolute Gasteiger partial charge is 0.405 e. The van der Waals surface area contributed by atoms with Crippen LogP contribution in [0.4, 0.5) is 0 Å². The predicted molar refractivity (Wildman–Crippen MR) is 98.6 cm³/mol. The molecule has 126 valence electrons. The van der Waals surface area contributed by atoms with E-state index < -0.39 is 5.54 Å². The summed E-state index contributed by atoms with van der Waals surface area (Å²) in [5.41, 5.74) is 1.71. The Hall–Kier alpha value is -2.56. The molecule has 0 radical (unpaired) electrons. The summed E-state index contributed by atoms with van der Waals surface area (Å²) in [6.07, 6.45) is 7.73. The first-order valence-electron chi connectivity index (χ1n) is 8.09. The molecule has 4 rings (SSSR count). The lowest BCUT2D eigenvalue weighted by molar-refractivity contribution is -0.117. The summed E-state index contributed by atoms with van der Waals surface area (Å²) in [6, 6.07) is 18.0. The molecule has 2 aromatic carbocycles. The number of halogens is 1. The molecule has 1 aliphatic rings. The van der Waals surface area contributed by atoms with Gasteiger partial charge in [0.2, 0.25) is 0 Å². The maximum Gasteiger partial charge on any atom is 0.153 e. The zero-order valence-corrected chi connectivity index (χ0v) is 14.6. The third-order valence-corrected chi connectivity index (χ3v) is 4.80. The van der Waals surface area contributed by atoms with E-state index in [1.807, 2.05) is 67.1 Å². The Balaban J connectivity index is 1.82. The molecule has 0 aliphatic carbocycles. The number of hydrogen-bond donors (Lipinski definition) is 0. The zero-order chi connectivity index (χ0) is 17.3. The van der Waals surface area contributed by atoms with E-state index in [9.17, 15) is 0 Å². The van der Waals surface area contributed by atoms with Gasteiger partial charge in [0.25, 0.3) is 0 Å². The molecule has 1 aliphatic heterocycles. The van der Waals surface area contributed by atoms with Crippen molar-refractivity contribution in [2.45, 2.75) is 12.1 Å². The minimum absolute atomic E-state index is 0.448. The van der Waals surface area contributed by atoms with Crippen molar-refractivity contribution in [1.29, 1.82) is 0 Å². The highest BCUT2D eigenvalue weighted by molar-refractivity contribution is 6.30. The van der Waals surface area contributed by atoms with Crippen LogP contribution in [-0.4, -0.2) is 21.7 Å². The van der Waals surface area contributed by atoms with Gasteiger partial charge in [-0.25, -0.2) is 4.98 Å². The van der Waals surface area contributed by atoms with Gasteiger partial charge >= 0.3 is 0 Å². The maximum atomic E-state index is 6.12. The zero-order valence-electron chi connectivity index (χ0n) is 13.8. The minimum Gasteiger partial charge on any atom is -0.405 e. The topological polar surface area (TPSA) is 30.3 Å². The molecule has 3 aromatic rings. The average Bonchev–Trinajstić information content (AvgIpc) is 3.25. The van der Waals surface area contributed by atoms with E-state index >= 15 is 0 Å². The van der Waals surface area contributed by atoms with Crippen LogP contribution in [0.2, 0.25) is 5.02 Å². The Morgan fingerprint density at radius 3 is 2.52 bits per heavy atom. The fourth-order valence-electron chi connectivity index (χ4n) is 3.20. The van der Waals surface area contributed by atoms with Gasteiger partial charge in [-0.2, -0.15) is 0 Å². The molecule has 1 aromatic heterocycles. The van der Waals surface area contributed by atoms with E-state index in [0.717, 1.165) is 21.9 Å². The van der Waals surface area contributed by atoms with E-state index in [4.69, 9.17) is 16.4 Å². The summed E-state index contributed by atoms with van der Waals surface area (Å²) in [4.78, 5) is 10.3. The van der Waals surface area contributed by atoms with Gasteiger partial charge in [0.15, 0.2) is 5.76 Å². The number of benzene rings is 2. The second kappa shape index (κ2) is 6.39. The lowest BCUT2D eigenvalue weighted by Crippen LogP contribution is -2.41. The molecular weight excluding hydrogens is 334 g/mol. The molecule has 1 atom stereocenters. The molecule has 25 heavy (non-hydrogen) atoms. The van der Waals surface area contributed by atoms with Crippen molar-refractivity contribution < 1.29 is 4.84 Å². The molecule has 0 saturated heterocycles. The second-order valence-corrected chi connectivity index (χ2v) is 6.57.